The molecule has 0 unspecified atom stereocenters. The zero-order valence-electron chi connectivity index (χ0n) is 12.3. The number of unbranched alkanes of at least 4 members (excludes halogenated alkanes) is 1. The average molecular weight is 306 g/mol. The minimum absolute atomic E-state index is 1.09. The van der Waals surface area contributed by atoms with Crippen LogP contribution in [0.25, 0.3) is 0 Å². The van der Waals surface area contributed by atoms with Crippen LogP contribution in [0.3, 0.4) is 0 Å². The summed E-state index contributed by atoms with van der Waals surface area (Å²) >= 11 is 0. The Bertz CT molecular complexity index is 396. The van der Waals surface area contributed by atoms with Gasteiger partial charge in [0.05, 0.1) is 6.33 Å². The summed E-state index contributed by atoms with van der Waals surface area (Å²) in [5.41, 5.74) is 0. The summed E-state index contributed by atoms with van der Waals surface area (Å²) < 4.78 is 40.9. The van der Waals surface area contributed by atoms with Crippen molar-refractivity contribution in [1.82, 2.24) is 14.5 Å². The Morgan fingerprint density at radius 1 is 1.19 bits per heavy atom. The summed E-state index contributed by atoms with van der Waals surface area (Å²) in [5, 5.41) is 0. The highest BCUT2D eigenvalue weighted by Gasteiger charge is 2.20. The monoisotopic (exact) mass is 306 g/mol. The van der Waals surface area contributed by atoms with Gasteiger partial charge in [-0.2, -0.15) is 0 Å². The molecule has 2 heterocycles. The second kappa shape index (κ2) is 11.0. The fraction of sp³-hybridized carbons (Fsp3) is 0.462. The third-order valence-electron chi connectivity index (χ3n) is 2.32. The van der Waals surface area contributed by atoms with Crippen molar-refractivity contribution < 1.29 is 17.3 Å². The van der Waals surface area contributed by atoms with E-state index in [1.54, 1.807) is 12.5 Å². The van der Waals surface area contributed by atoms with Crippen LogP contribution in [0.2, 0.25) is 0 Å². The molecule has 0 fully saturated rings. The van der Waals surface area contributed by atoms with Crippen LogP contribution in [-0.2, 0) is 7.05 Å². The Labute approximate surface area is 123 Å². The highest BCUT2D eigenvalue weighted by molar-refractivity contribution is 6.50. The summed E-state index contributed by atoms with van der Waals surface area (Å²) in [6.07, 6.45) is 16.5. The van der Waals surface area contributed by atoms with E-state index in [1.165, 1.54) is 19.4 Å². The van der Waals surface area contributed by atoms with E-state index in [-0.39, 0.29) is 0 Å². The third-order valence-corrected chi connectivity index (χ3v) is 2.32. The molecule has 120 valence electrons. The minimum Gasteiger partial charge on any atom is -0.418 e. The zero-order valence-corrected chi connectivity index (χ0v) is 12.3. The standard InChI is InChI=1S/C9H15N.C4H6N2.BF4/c1-2-3-7-10-8-5-4-6-9-10;1-6-3-2-5-4-6;2-1(3,4)5/h4-6,8H,2-3,7,9H2,1H3;2-4H,1H3;/q;;-1. The van der Waals surface area contributed by atoms with Gasteiger partial charge in [-0.3, -0.25) is 0 Å². The zero-order chi connectivity index (χ0) is 16.1. The number of allylic oxidation sites excluding steroid dienone is 2. The highest BCUT2D eigenvalue weighted by Crippen LogP contribution is 2.06. The smallest absolute Gasteiger partial charge is 0.418 e. The van der Waals surface area contributed by atoms with Gasteiger partial charge < -0.3 is 26.7 Å². The quantitative estimate of drug-likeness (QED) is 0.624. The number of imidazole rings is 1. The van der Waals surface area contributed by atoms with Crippen LogP contribution in [0.4, 0.5) is 17.3 Å². The maximum Gasteiger partial charge on any atom is 0.673 e. The number of nitrogens with zero attached hydrogens (tertiary/aromatic N) is 3. The van der Waals surface area contributed by atoms with E-state index >= 15 is 0 Å². The lowest BCUT2D eigenvalue weighted by atomic mass is 10.3. The molecule has 1 aliphatic rings. The molecule has 0 N–H and O–H groups in total. The van der Waals surface area contributed by atoms with Crippen LogP contribution >= 0.6 is 0 Å². The molecular weight excluding hydrogens is 285 g/mol. The van der Waals surface area contributed by atoms with E-state index in [2.05, 4.69) is 41.2 Å². The Kier molecular flexibility index (Phi) is 10.1. The Balaban J connectivity index is 0.000000312. The fourth-order valence-corrected chi connectivity index (χ4v) is 1.36. The Morgan fingerprint density at radius 3 is 2.19 bits per heavy atom. The predicted octanol–water partition coefficient (Wildman–Crippen LogP) is 3.89. The van der Waals surface area contributed by atoms with Crippen molar-refractivity contribution >= 4 is 7.25 Å². The molecule has 0 aromatic carbocycles. The number of aryl methyl sites for hydroxylation is 1. The second-order valence-electron chi connectivity index (χ2n) is 4.34. The molecular formula is C13H21BF4N3-. The number of rotatable bonds is 3. The number of aromatic nitrogens is 2. The van der Waals surface area contributed by atoms with Gasteiger partial charge in [-0.25, -0.2) is 4.98 Å². The molecule has 0 saturated carbocycles. The Hall–Kier alpha value is -1.73. The number of hydrogen-bond acceptors (Lipinski definition) is 2. The summed E-state index contributed by atoms with van der Waals surface area (Å²) in [7, 11) is -4.06. The lowest BCUT2D eigenvalue weighted by Gasteiger charge is -2.19. The van der Waals surface area contributed by atoms with Crippen LogP contribution in [0.1, 0.15) is 19.8 Å². The van der Waals surface area contributed by atoms with Crippen molar-refractivity contribution in [2.24, 2.45) is 7.05 Å². The fourth-order valence-electron chi connectivity index (χ4n) is 1.36. The maximum atomic E-state index is 9.75. The van der Waals surface area contributed by atoms with Gasteiger partial charge >= 0.3 is 7.25 Å². The van der Waals surface area contributed by atoms with E-state index in [1.807, 2.05) is 17.8 Å². The van der Waals surface area contributed by atoms with Crippen molar-refractivity contribution in [2.45, 2.75) is 19.8 Å². The molecule has 1 aliphatic heterocycles. The first-order valence-electron chi connectivity index (χ1n) is 6.69. The van der Waals surface area contributed by atoms with Gasteiger partial charge in [0.1, 0.15) is 0 Å². The normalized spacial score (nSPS) is 13.1. The van der Waals surface area contributed by atoms with E-state index in [0.29, 0.717) is 0 Å². The molecule has 3 nitrogen and oxygen atoms in total. The SMILES string of the molecule is CCCCN1C=CC=CC1.Cn1ccnc1.F[B-](F)(F)F. The lowest BCUT2D eigenvalue weighted by Crippen LogP contribution is -2.19. The lowest BCUT2D eigenvalue weighted by molar-refractivity contribution is 0.368. The molecule has 0 amide bonds. The van der Waals surface area contributed by atoms with Crippen molar-refractivity contribution in [3.8, 4) is 0 Å². The topological polar surface area (TPSA) is 21.1 Å². The van der Waals surface area contributed by atoms with Crippen LogP contribution < -0.4 is 0 Å². The summed E-state index contributed by atoms with van der Waals surface area (Å²) in [6, 6.07) is 0. The molecule has 0 aliphatic carbocycles. The largest absolute Gasteiger partial charge is 0.673 e. The van der Waals surface area contributed by atoms with Gasteiger partial charge in [-0.05, 0) is 18.7 Å². The van der Waals surface area contributed by atoms with Crippen molar-refractivity contribution in [3.05, 3.63) is 43.1 Å². The van der Waals surface area contributed by atoms with E-state index < -0.39 is 7.25 Å². The van der Waals surface area contributed by atoms with E-state index in [0.717, 1.165) is 6.54 Å². The summed E-state index contributed by atoms with van der Waals surface area (Å²) in [5.74, 6) is 0. The van der Waals surface area contributed by atoms with Gasteiger partial charge in [-0.15, -0.1) is 0 Å². The van der Waals surface area contributed by atoms with Gasteiger partial charge in [-0.1, -0.05) is 25.5 Å². The first-order chi connectivity index (χ1) is 9.83. The van der Waals surface area contributed by atoms with Crippen LogP contribution in [0.15, 0.2) is 43.1 Å². The molecule has 8 heteroatoms. The number of halogens is 4. The second-order valence-corrected chi connectivity index (χ2v) is 4.34. The molecule has 0 spiro atoms. The minimum atomic E-state index is -6.00. The van der Waals surface area contributed by atoms with Crippen LogP contribution in [-0.4, -0.2) is 34.8 Å². The molecule has 1 aromatic heterocycles. The van der Waals surface area contributed by atoms with Gasteiger partial charge in [0, 0.05) is 32.5 Å². The highest BCUT2D eigenvalue weighted by atomic mass is 19.5. The maximum absolute atomic E-state index is 9.75. The van der Waals surface area contributed by atoms with Crippen molar-refractivity contribution in [3.63, 3.8) is 0 Å². The molecule has 2 rings (SSSR count). The first kappa shape index (κ1) is 19.3. The molecule has 0 bridgehead atoms. The molecule has 21 heavy (non-hydrogen) atoms. The van der Waals surface area contributed by atoms with E-state index in [4.69, 9.17) is 0 Å². The summed E-state index contributed by atoms with van der Waals surface area (Å²) in [6.45, 7) is 4.53. The van der Waals surface area contributed by atoms with Gasteiger partial charge in [0.25, 0.3) is 0 Å². The Morgan fingerprint density at radius 2 is 1.86 bits per heavy atom. The average Bonchev–Trinajstić information content (AvgIpc) is 2.87. The molecule has 0 saturated heterocycles. The van der Waals surface area contributed by atoms with E-state index in [9.17, 15) is 17.3 Å². The van der Waals surface area contributed by atoms with Crippen molar-refractivity contribution in [1.29, 1.82) is 0 Å². The van der Waals surface area contributed by atoms with Crippen LogP contribution in [0, 0.1) is 0 Å². The molecule has 0 atom stereocenters. The van der Waals surface area contributed by atoms with Crippen molar-refractivity contribution in [2.75, 3.05) is 13.1 Å². The number of hydrogen-bond donors (Lipinski definition) is 0. The van der Waals surface area contributed by atoms with Gasteiger partial charge in [0.2, 0.25) is 0 Å². The molecule has 1 aromatic rings. The van der Waals surface area contributed by atoms with Crippen LogP contribution in [0.5, 0.6) is 0 Å². The third kappa shape index (κ3) is 16.2. The molecule has 0 radical (unpaired) electrons. The summed E-state index contributed by atoms with van der Waals surface area (Å²) in [4.78, 5) is 6.12. The van der Waals surface area contributed by atoms with Gasteiger partial charge in [0.15, 0.2) is 0 Å². The first-order valence-corrected chi connectivity index (χ1v) is 6.69. The predicted molar refractivity (Wildman–Crippen MR) is 78.2 cm³/mol.